The van der Waals surface area contributed by atoms with E-state index in [1.807, 2.05) is 24.3 Å². The highest BCUT2D eigenvalue weighted by Gasteiger charge is 2.29. The summed E-state index contributed by atoms with van der Waals surface area (Å²) in [6.07, 6.45) is 4.75. The number of thiocarbonyl (C=S) groups is 1. The standard InChI is InChI=1S/C16H23N3OS/c1-2-3-10-19(14-8-9-14)11-15(20)18-13-6-4-12(5-7-13)16(17)21/h4-7,14H,2-3,8-11H2,1H3,(H2,17,21)(H,18,20). The summed E-state index contributed by atoms with van der Waals surface area (Å²) in [5.74, 6) is 0.0427. The van der Waals surface area contributed by atoms with Crippen molar-refractivity contribution in [3.05, 3.63) is 29.8 Å². The molecule has 114 valence electrons. The molecule has 5 heteroatoms. The number of benzene rings is 1. The Bertz CT molecular complexity index is 497. The molecule has 1 amide bonds. The van der Waals surface area contributed by atoms with E-state index in [1.54, 1.807) is 0 Å². The summed E-state index contributed by atoms with van der Waals surface area (Å²) >= 11 is 4.91. The van der Waals surface area contributed by atoms with Crippen LogP contribution in [0.1, 0.15) is 38.2 Å². The normalized spacial score (nSPS) is 14.2. The molecule has 0 saturated heterocycles. The zero-order chi connectivity index (χ0) is 15.2. The van der Waals surface area contributed by atoms with Crippen LogP contribution in [-0.2, 0) is 4.79 Å². The third-order valence-electron chi connectivity index (χ3n) is 3.66. The van der Waals surface area contributed by atoms with Gasteiger partial charge < -0.3 is 11.1 Å². The van der Waals surface area contributed by atoms with E-state index in [0.717, 1.165) is 30.6 Å². The zero-order valence-electron chi connectivity index (χ0n) is 12.5. The Morgan fingerprint density at radius 1 is 1.38 bits per heavy atom. The highest BCUT2D eigenvalue weighted by atomic mass is 32.1. The molecule has 0 unspecified atom stereocenters. The van der Waals surface area contributed by atoms with Gasteiger partial charge in [-0.25, -0.2) is 0 Å². The van der Waals surface area contributed by atoms with Crippen LogP contribution in [0, 0.1) is 0 Å². The number of hydrogen-bond acceptors (Lipinski definition) is 3. The van der Waals surface area contributed by atoms with Gasteiger partial charge in [0.2, 0.25) is 5.91 Å². The molecule has 1 aliphatic rings. The third kappa shape index (κ3) is 5.10. The van der Waals surface area contributed by atoms with Crippen LogP contribution in [0.3, 0.4) is 0 Å². The first-order chi connectivity index (χ1) is 10.1. The number of carbonyl (C=O) groups excluding carboxylic acids is 1. The highest BCUT2D eigenvalue weighted by Crippen LogP contribution is 2.26. The molecular weight excluding hydrogens is 282 g/mol. The second-order valence-electron chi connectivity index (χ2n) is 5.54. The lowest BCUT2D eigenvalue weighted by Gasteiger charge is -2.21. The SMILES string of the molecule is CCCCN(CC(=O)Nc1ccc(C(N)=S)cc1)C1CC1. The van der Waals surface area contributed by atoms with E-state index >= 15 is 0 Å². The molecule has 1 aromatic rings. The third-order valence-corrected chi connectivity index (χ3v) is 3.90. The molecule has 0 bridgehead atoms. The van der Waals surface area contributed by atoms with E-state index in [1.165, 1.54) is 12.8 Å². The second kappa shape index (κ2) is 7.52. The van der Waals surface area contributed by atoms with Crippen molar-refractivity contribution in [1.29, 1.82) is 0 Å². The van der Waals surface area contributed by atoms with Crippen molar-refractivity contribution in [2.45, 2.75) is 38.6 Å². The van der Waals surface area contributed by atoms with Crippen molar-refractivity contribution in [2.24, 2.45) is 5.73 Å². The van der Waals surface area contributed by atoms with Gasteiger partial charge in [-0.3, -0.25) is 9.69 Å². The molecule has 0 aliphatic heterocycles. The van der Waals surface area contributed by atoms with Crippen LogP contribution in [-0.4, -0.2) is 34.9 Å². The molecule has 2 rings (SSSR count). The van der Waals surface area contributed by atoms with Gasteiger partial charge in [-0.2, -0.15) is 0 Å². The van der Waals surface area contributed by atoms with E-state index in [-0.39, 0.29) is 5.91 Å². The highest BCUT2D eigenvalue weighted by molar-refractivity contribution is 7.80. The average molecular weight is 305 g/mol. The van der Waals surface area contributed by atoms with Crippen LogP contribution in [0.5, 0.6) is 0 Å². The van der Waals surface area contributed by atoms with Crippen LogP contribution >= 0.6 is 12.2 Å². The lowest BCUT2D eigenvalue weighted by atomic mass is 10.2. The first-order valence-corrected chi connectivity index (χ1v) is 7.94. The van der Waals surface area contributed by atoms with E-state index in [9.17, 15) is 4.79 Å². The minimum Gasteiger partial charge on any atom is -0.389 e. The van der Waals surface area contributed by atoms with Gasteiger partial charge in [-0.05, 0) is 50.1 Å². The molecule has 1 aliphatic carbocycles. The summed E-state index contributed by atoms with van der Waals surface area (Å²) in [4.78, 5) is 14.8. The number of amides is 1. The number of rotatable bonds is 8. The fourth-order valence-electron chi connectivity index (χ4n) is 2.29. The zero-order valence-corrected chi connectivity index (χ0v) is 13.3. The number of unbranched alkanes of at least 4 members (excludes halogenated alkanes) is 1. The molecule has 1 fully saturated rings. The molecular formula is C16H23N3OS. The molecule has 3 N–H and O–H groups in total. The maximum absolute atomic E-state index is 12.1. The van der Waals surface area contributed by atoms with E-state index < -0.39 is 0 Å². The van der Waals surface area contributed by atoms with Crippen molar-refractivity contribution in [1.82, 2.24) is 4.90 Å². The summed E-state index contributed by atoms with van der Waals surface area (Å²) in [5, 5.41) is 2.93. The Morgan fingerprint density at radius 3 is 2.57 bits per heavy atom. The number of anilines is 1. The maximum atomic E-state index is 12.1. The largest absolute Gasteiger partial charge is 0.389 e. The molecule has 0 atom stereocenters. The van der Waals surface area contributed by atoms with Gasteiger partial charge in [0.05, 0.1) is 6.54 Å². The van der Waals surface area contributed by atoms with Gasteiger partial charge in [0.25, 0.3) is 0 Å². The fraction of sp³-hybridized carbons (Fsp3) is 0.500. The number of nitrogens with one attached hydrogen (secondary N) is 1. The Morgan fingerprint density at radius 2 is 2.05 bits per heavy atom. The van der Waals surface area contributed by atoms with Crippen LogP contribution in [0.25, 0.3) is 0 Å². The number of hydrogen-bond donors (Lipinski definition) is 2. The molecule has 21 heavy (non-hydrogen) atoms. The predicted octanol–water partition coefficient (Wildman–Crippen LogP) is 2.52. The molecule has 4 nitrogen and oxygen atoms in total. The minimum absolute atomic E-state index is 0.0427. The molecule has 0 spiro atoms. The van der Waals surface area contributed by atoms with Crippen molar-refractivity contribution >= 4 is 28.8 Å². The minimum atomic E-state index is 0.0427. The van der Waals surface area contributed by atoms with Crippen molar-refractivity contribution in [3.8, 4) is 0 Å². The van der Waals surface area contributed by atoms with Gasteiger partial charge in [-0.1, -0.05) is 25.6 Å². The predicted molar refractivity (Wildman–Crippen MR) is 90.5 cm³/mol. The molecule has 0 aromatic heterocycles. The summed E-state index contributed by atoms with van der Waals surface area (Å²) < 4.78 is 0. The van der Waals surface area contributed by atoms with E-state index in [2.05, 4.69) is 17.1 Å². The number of nitrogens with two attached hydrogens (primary N) is 1. The smallest absolute Gasteiger partial charge is 0.238 e. The lowest BCUT2D eigenvalue weighted by molar-refractivity contribution is -0.117. The molecule has 0 heterocycles. The summed E-state index contributed by atoms with van der Waals surface area (Å²) in [5.41, 5.74) is 7.15. The molecule has 0 radical (unpaired) electrons. The number of nitrogens with zero attached hydrogens (tertiary/aromatic N) is 1. The summed E-state index contributed by atoms with van der Waals surface area (Å²) in [7, 11) is 0. The van der Waals surface area contributed by atoms with E-state index in [0.29, 0.717) is 17.6 Å². The van der Waals surface area contributed by atoms with Gasteiger partial charge in [-0.15, -0.1) is 0 Å². The number of carbonyl (C=O) groups is 1. The Labute approximate surface area is 131 Å². The van der Waals surface area contributed by atoms with Crippen molar-refractivity contribution < 1.29 is 4.79 Å². The second-order valence-corrected chi connectivity index (χ2v) is 5.98. The van der Waals surface area contributed by atoms with Crippen LogP contribution in [0.2, 0.25) is 0 Å². The van der Waals surface area contributed by atoms with Crippen molar-refractivity contribution in [3.63, 3.8) is 0 Å². The van der Waals surface area contributed by atoms with Crippen LogP contribution < -0.4 is 11.1 Å². The fourth-order valence-corrected chi connectivity index (χ4v) is 2.43. The quantitative estimate of drug-likeness (QED) is 0.725. The Balaban J connectivity index is 1.86. The topological polar surface area (TPSA) is 58.4 Å². The monoisotopic (exact) mass is 305 g/mol. The van der Waals surface area contributed by atoms with Gasteiger partial charge in [0, 0.05) is 17.3 Å². The van der Waals surface area contributed by atoms with Crippen LogP contribution in [0.4, 0.5) is 5.69 Å². The molecule has 1 aromatic carbocycles. The maximum Gasteiger partial charge on any atom is 0.238 e. The summed E-state index contributed by atoms with van der Waals surface area (Å²) in [6.45, 7) is 3.66. The summed E-state index contributed by atoms with van der Waals surface area (Å²) in [6, 6.07) is 7.93. The lowest BCUT2D eigenvalue weighted by Crippen LogP contribution is -2.35. The van der Waals surface area contributed by atoms with Gasteiger partial charge in [0.1, 0.15) is 4.99 Å². The van der Waals surface area contributed by atoms with E-state index in [4.69, 9.17) is 18.0 Å². The van der Waals surface area contributed by atoms with Crippen LogP contribution in [0.15, 0.2) is 24.3 Å². The first-order valence-electron chi connectivity index (χ1n) is 7.54. The average Bonchev–Trinajstić information content (AvgIpc) is 3.28. The van der Waals surface area contributed by atoms with Crippen molar-refractivity contribution in [2.75, 3.05) is 18.4 Å². The van der Waals surface area contributed by atoms with Gasteiger partial charge >= 0.3 is 0 Å². The molecule has 1 saturated carbocycles. The Kier molecular flexibility index (Phi) is 5.70. The first kappa shape index (κ1) is 15.9. The Hall–Kier alpha value is -1.46. The van der Waals surface area contributed by atoms with Gasteiger partial charge in [0.15, 0.2) is 0 Å².